The Morgan fingerprint density at radius 1 is 1.12 bits per heavy atom. The van der Waals surface area contributed by atoms with Crippen LogP contribution in [0.4, 0.5) is 34.6 Å². The molecule has 0 atom stereocenters. The smallest absolute Gasteiger partial charge is 0.367 e. The van der Waals surface area contributed by atoms with Gasteiger partial charge >= 0.3 is 6.18 Å². The van der Waals surface area contributed by atoms with Crippen molar-refractivity contribution >= 4 is 34.4 Å². The number of anilines is 3. The standard InChI is InChI=1S/C22H20F4N4O2/c1-13(31)29-7-9-30(10-8-29)19-6-5-14(11-16(19)22(24,25)26)27-12-15-20-17(23)3-2-4-18(20)28-21(15)32/h2-6,11-12,27H,7-10H2,1H3,(H,28,32)/b15-12+. The molecule has 2 aromatic rings. The number of alkyl halides is 3. The number of nitrogens with zero attached hydrogens (tertiary/aromatic N) is 2. The zero-order valence-electron chi connectivity index (χ0n) is 17.1. The number of hydrogen-bond donors (Lipinski definition) is 2. The number of fused-ring (bicyclic) bond motifs is 1. The monoisotopic (exact) mass is 448 g/mol. The molecule has 2 amide bonds. The largest absolute Gasteiger partial charge is 0.418 e. The van der Waals surface area contributed by atoms with Crippen LogP contribution in [0, 0.1) is 5.82 Å². The van der Waals surface area contributed by atoms with Crippen molar-refractivity contribution in [3.05, 3.63) is 59.5 Å². The van der Waals surface area contributed by atoms with Crippen LogP contribution in [0.15, 0.2) is 42.6 Å². The van der Waals surface area contributed by atoms with E-state index in [0.29, 0.717) is 18.8 Å². The highest BCUT2D eigenvalue weighted by molar-refractivity contribution is 6.31. The minimum atomic E-state index is -4.61. The molecule has 168 valence electrons. The molecule has 2 N–H and O–H groups in total. The third-order valence-corrected chi connectivity index (χ3v) is 5.53. The van der Waals surface area contributed by atoms with Crippen LogP contribution in [0.25, 0.3) is 5.57 Å². The predicted octanol–water partition coefficient (Wildman–Crippen LogP) is 3.92. The summed E-state index contributed by atoms with van der Waals surface area (Å²) in [6.45, 7) is 2.70. The van der Waals surface area contributed by atoms with Gasteiger partial charge in [-0.1, -0.05) is 6.07 Å². The Morgan fingerprint density at radius 3 is 2.50 bits per heavy atom. The Hall–Kier alpha value is -3.56. The molecule has 0 aromatic heterocycles. The highest BCUT2D eigenvalue weighted by Gasteiger charge is 2.36. The Bertz CT molecular complexity index is 1110. The molecule has 10 heteroatoms. The minimum Gasteiger partial charge on any atom is -0.367 e. The SMILES string of the molecule is CC(=O)N1CCN(c2ccc(N/C=C3/C(=O)Nc4cccc(F)c43)cc2C(F)(F)F)CC1. The lowest BCUT2D eigenvalue weighted by Crippen LogP contribution is -2.48. The zero-order valence-corrected chi connectivity index (χ0v) is 17.1. The van der Waals surface area contributed by atoms with Gasteiger partial charge in [0, 0.05) is 56.2 Å². The number of benzene rings is 2. The Labute approximate surface area is 181 Å². The van der Waals surface area contributed by atoms with E-state index < -0.39 is 23.5 Å². The molecular weight excluding hydrogens is 428 g/mol. The van der Waals surface area contributed by atoms with Crippen LogP contribution in [0.5, 0.6) is 0 Å². The molecule has 0 bridgehead atoms. The first-order valence-corrected chi connectivity index (χ1v) is 9.94. The van der Waals surface area contributed by atoms with Crippen molar-refractivity contribution in [3.8, 4) is 0 Å². The third-order valence-electron chi connectivity index (χ3n) is 5.53. The maximum atomic E-state index is 14.2. The minimum absolute atomic E-state index is 0.00362. The summed E-state index contributed by atoms with van der Waals surface area (Å²) >= 11 is 0. The van der Waals surface area contributed by atoms with Gasteiger partial charge in [0.25, 0.3) is 5.91 Å². The quantitative estimate of drug-likeness (QED) is 0.552. The van der Waals surface area contributed by atoms with Gasteiger partial charge in [-0.15, -0.1) is 0 Å². The average molecular weight is 448 g/mol. The highest BCUT2D eigenvalue weighted by Crippen LogP contribution is 2.39. The first kappa shape index (κ1) is 21.7. The summed E-state index contributed by atoms with van der Waals surface area (Å²) in [7, 11) is 0. The molecule has 0 unspecified atom stereocenters. The number of hydrogen-bond acceptors (Lipinski definition) is 4. The molecule has 2 aromatic carbocycles. The predicted molar refractivity (Wildman–Crippen MR) is 113 cm³/mol. The topological polar surface area (TPSA) is 64.7 Å². The molecule has 2 aliphatic rings. The maximum Gasteiger partial charge on any atom is 0.418 e. The van der Waals surface area contributed by atoms with Crippen LogP contribution in [0.1, 0.15) is 18.1 Å². The second-order valence-electron chi connectivity index (χ2n) is 7.54. The van der Waals surface area contributed by atoms with Crippen molar-refractivity contribution in [2.75, 3.05) is 41.7 Å². The fourth-order valence-electron chi connectivity index (χ4n) is 3.89. The molecule has 4 rings (SSSR count). The normalized spacial score (nSPS) is 17.4. The van der Waals surface area contributed by atoms with Crippen LogP contribution in [0.3, 0.4) is 0 Å². The lowest BCUT2D eigenvalue weighted by atomic mass is 10.1. The van der Waals surface area contributed by atoms with Crippen molar-refractivity contribution in [1.82, 2.24) is 4.90 Å². The fourth-order valence-corrected chi connectivity index (χ4v) is 3.89. The maximum absolute atomic E-state index is 14.2. The van der Waals surface area contributed by atoms with Crippen molar-refractivity contribution in [1.29, 1.82) is 0 Å². The van der Waals surface area contributed by atoms with Crippen molar-refractivity contribution in [2.24, 2.45) is 0 Å². The molecule has 32 heavy (non-hydrogen) atoms. The number of nitrogens with one attached hydrogen (secondary N) is 2. The molecule has 1 fully saturated rings. The number of carbonyl (C=O) groups is 2. The second kappa shape index (κ2) is 8.18. The van der Waals surface area contributed by atoms with E-state index in [2.05, 4.69) is 10.6 Å². The van der Waals surface area contributed by atoms with Crippen LogP contribution in [0.2, 0.25) is 0 Å². The first-order valence-electron chi connectivity index (χ1n) is 9.94. The van der Waals surface area contributed by atoms with E-state index in [4.69, 9.17) is 0 Å². The van der Waals surface area contributed by atoms with E-state index in [0.717, 1.165) is 6.07 Å². The number of piperazine rings is 1. The van der Waals surface area contributed by atoms with Gasteiger partial charge in [-0.3, -0.25) is 9.59 Å². The van der Waals surface area contributed by atoms with Gasteiger partial charge in [0.1, 0.15) is 5.82 Å². The summed E-state index contributed by atoms with van der Waals surface area (Å²) in [5.41, 5.74) is -0.335. The number of rotatable bonds is 3. The van der Waals surface area contributed by atoms with Gasteiger partial charge < -0.3 is 20.4 Å². The Kier molecular flexibility index (Phi) is 5.53. The first-order chi connectivity index (χ1) is 15.1. The molecule has 6 nitrogen and oxygen atoms in total. The van der Waals surface area contributed by atoms with E-state index >= 15 is 0 Å². The van der Waals surface area contributed by atoms with Gasteiger partial charge in [0.05, 0.1) is 16.8 Å². The Morgan fingerprint density at radius 2 is 1.84 bits per heavy atom. The molecule has 0 spiro atoms. The van der Waals surface area contributed by atoms with Crippen molar-refractivity contribution in [3.63, 3.8) is 0 Å². The van der Waals surface area contributed by atoms with E-state index in [1.54, 1.807) is 15.9 Å². The number of amides is 2. The third kappa shape index (κ3) is 4.12. The summed E-state index contributed by atoms with van der Waals surface area (Å²) in [4.78, 5) is 26.8. The van der Waals surface area contributed by atoms with E-state index in [1.807, 2.05) is 0 Å². The van der Waals surface area contributed by atoms with Crippen molar-refractivity contribution in [2.45, 2.75) is 13.1 Å². The van der Waals surface area contributed by atoms with Gasteiger partial charge in [-0.25, -0.2) is 4.39 Å². The van der Waals surface area contributed by atoms with Crippen LogP contribution in [-0.2, 0) is 15.8 Å². The number of carbonyl (C=O) groups excluding carboxylic acids is 2. The van der Waals surface area contributed by atoms with E-state index in [-0.39, 0.29) is 41.5 Å². The molecule has 0 aliphatic carbocycles. The summed E-state index contributed by atoms with van der Waals surface area (Å²) in [5.74, 6) is -1.26. The lowest BCUT2D eigenvalue weighted by molar-refractivity contribution is -0.137. The zero-order chi connectivity index (χ0) is 23.0. The lowest BCUT2D eigenvalue weighted by Gasteiger charge is -2.36. The van der Waals surface area contributed by atoms with Gasteiger partial charge in [0.2, 0.25) is 5.91 Å². The second-order valence-corrected chi connectivity index (χ2v) is 7.54. The van der Waals surface area contributed by atoms with E-state index in [1.165, 1.54) is 37.4 Å². The molecular formula is C22H20F4N4O2. The van der Waals surface area contributed by atoms with Crippen LogP contribution >= 0.6 is 0 Å². The van der Waals surface area contributed by atoms with Gasteiger partial charge in [-0.2, -0.15) is 13.2 Å². The van der Waals surface area contributed by atoms with Gasteiger partial charge in [-0.05, 0) is 30.3 Å². The average Bonchev–Trinajstić information content (AvgIpc) is 3.08. The van der Waals surface area contributed by atoms with E-state index in [9.17, 15) is 27.2 Å². The fraction of sp³-hybridized carbons (Fsp3) is 0.273. The van der Waals surface area contributed by atoms with Crippen LogP contribution < -0.4 is 15.5 Å². The molecule has 1 saturated heterocycles. The van der Waals surface area contributed by atoms with Crippen LogP contribution in [-0.4, -0.2) is 42.9 Å². The molecule has 0 saturated carbocycles. The number of halogens is 4. The summed E-state index contributed by atoms with van der Waals surface area (Å²) in [6, 6.07) is 7.98. The van der Waals surface area contributed by atoms with Crippen molar-refractivity contribution < 1.29 is 27.2 Å². The highest BCUT2D eigenvalue weighted by atomic mass is 19.4. The summed E-state index contributed by atoms with van der Waals surface area (Å²) in [5, 5.41) is 5.21. The molecule has 2 aliphatic heterocycles. The summed E-state index contributed by atoms with van der Waals surface area (Å²) < 4.78 is 55.5. The molecule has 2 heterocycles. The Balaban J connectivity index is 1.60. The van der Waals surface area contributed by atoms with Gasteiger partial charge in [0.15, 0.2) is 0 Å². The molecule has 0 radical (unpaired) electrons. The summed E-state index contributed by atoms with van der Waals surface area (Å²) in [6.07, 6.45) is -3.41.